The van der Waals surface area contributed by atoms with Crippen LogP contribution in [0.3, 0.4) is 0 Å². The van der Waals surface area contributed by atoms with Gasteiger partial charge in [0, 0.05) is 56.9 Å². The average Bonchev–Trinajstić information content (AvgIpc) is 3.15. The van der Waals surface area contributed by atoms with Gasteiger partial charge in [-0.2, -0.15) is 0 Å². The minimum absolute atomic E-state index is 0.0907. The highest BCUT2D eigenvalue weighted by Crippen LogP contribution is 2.29. The fourth-order valence-electron chi connectivity index (χ4n) is 4.56. The topological polar surface area (TPSA) is 73.0 Å². The fourth-order valence-corrected chi connectivity index (χ4v) is 4.56. The molecule has 0 saturated carbocycles. The zero-order valence-corrected chi connectivity index (χ0v) is 17.9. The second-order valence-corrected chi connectivity index (χ2v) is 8.04. The van der Waals surface area contributed by atoms with Crippen LogP contribution in [0.5, 0.6) is 0 Å². The number of piperidine rings is 1. The highest BCUT2D eigenvalue weighted by atomic mass is 16.7. The Hall–Kier alpha value is -1.93. The van der Waals surface area contributed by atoms with Gasteiger partial charge in [0.15, 0.2) is 6.29 Å². The summed E-state index contributed by atoms with van der Waals surface area (Å²) in [4.78, 5) is 18.3. The highest BCUT2D eigenvalue weighted by molar-refractivity contribution is 5.86. The molecular formula is C23H32N2O5. The van der Waals surface area contributed by atoms with Crippen LogP contribution < -0.4 is 0 Å². The average molecular weight is 417 g/mol. The summed E-state index contributed by atoms with van der Waals surface area (Å²) in [6.07, 6.45) is 5.23. The van der Waals surface area contributed by atoms with E-state index in [1.54, 1.807) is 0 Å². The summed E-state index contributed by atoms with van der Waals surface area (Å²) in [5.74, 6) is -1.24. The van der Waals surface area contributed by atoms with E-state index in [2.05, 4.69) is 17.1 Å². The molecule has 7 nitrogen and oxygen atoms in total. The molecule has 1 aromatic heterocycles. The van der Waals surface area contributed by atoms with Crippen LogP contribution >= 0.6 is 0 Å². The number of benzene rings is 1. The third kappa shape index (κ3) is 4.25. The van der Waals surface area contributed by atoms with Crippen LogP contribution in [0.4, 0.5) is 0 Å². The van der Waals surface area contributed by atoms with Gasteiger partial charge in [-0.15, -0.1) is 0 Å². The van der Waals surface area contributed by atoms with Gasteiger partial charge in [-0.1, -0.05) is 18.2 Å². The number of carbonyl (C=O) groups is 1. The van der Waals surface area contributed by atoms with Gasteiger partial charge in [0.1, 0.15) is 0 Å². The van der Waals surface area contributed by atoms with Crippen molar-refractivity contribution in [2.45, 2.75) is 57.2 Å². The van der Waals surface area contributed by atoms with E-state index in [1.807, 2.05) is 17.0 Å². The van der Waals surface area contributed by atoms with Gasteiger partial charge in [-0.3, -0.25) is 4.79 Å². The Bertz CT molecular complexity index is 854. The van der Waals surface area contributed by atoms with Gasteiger partial charge in [0.2, 0.25) is 5.79 Å². The van der Waals surface area contributed by atoms with E-state index >= 15 is 0 Å². The van der Waals surface area contributed by atoms with Crippen molar-refractivity contribution in [1.82, 2.24) is 9.88 Å². The van der Waals surface area contributed by atoms with Crippen molar-refractivity contribution in [1.29, 1.82) is 0 Å². The van der Waals surface area contributed by atoms with Crippen LogP contribution in [-0.4, -0.2) is 61.8 Å². The standard InChI is InChI=1S/C23H32N2O5/c1-27-23(28-2)12-7-13-25(22(23)26)14-11-18-17-8-3-4-9-19(17)24-20(18)16-30-21-10-5-6-15-29-21/h3-4,8-9,21,24H,5-7,10-16H2,1-2H3. The first-order chi connectivity index (χ1) is 14.7. The second-order valence-electron chi connectivity index (χ2n) is 8.04. The number of methoxy groups -OCH3 is 2. The maximum Gasteiger partial charge on any atom is 0.282 e. The predicted octanol–water partition coefficient (Wildman–Crippen LogP) is 3.37. The molecule has 2 aliphatic heterocycles. The number of para-hydroxylation sites is 1. The number of ether oxygens (including phenoxy) is 4. The molecule has 0 bridgehead atoms. The third-order valence-corrected chi connectivity index (χ3v) is 6.29. The Morgan fingerprint density at radius 3 is 2.80 bits per heavy atom. The first-order valence-electron chi connectivity index (χ1n) is 10.9. The molecule has 3 heterocycles. The summed E-state index contributed by atoms with van der Waals surface area (Å²) in [6.45, 7) is 2.57. The van der Waals surface area contributed by atoms with E-state index in [0.29, 0.717) is 19.6 Å². The number of nitrogens with one attached hydrogen (secondary N) is 1. The normalized spacial score (nSPS) is 22.0. The van der Waals surface area contributed by atoms with Crippen LogP contribution in [0.2, 0.25) is 0 Å². The Kier molecular flexibility index (Phi) is 6.73. The molecule has 0 spiro atoms. The Morgan fingerprint density at radius 2 is 2.03 bits per heavy atom. The van der Waals surface area contributed by atoms with Crippen molar-refractivity contribution >= 4 is 16.8 Å². The molecule has 30 heavy (non-hydrogen) atoms. The molecule has 2 aliphatic rings. The number of aromatic amines is 1. The molecule has 0 aliphatic carbocycles. The zero-order valence-electron chi connectivity index (χ0n) is 17.9. The molecule has 2 saturated heterocycles. The van der Waals surface area contributed by atoms with Gasteiger partial charge < -0.3 is 28.8 Å². The number of nitrogens with zero attached hydrogens (tertiary/aromatic N) is 1. The molecule has 1 aromatic carbocycles. The summed E-state index contributed by atoms with van der Waals surface area (Å²) in [5.41, 5.74) is 3.34. The number of H-pyrrole nitrogens is 1. The van der Waals surface area contributed by atoms with Crippen molar-refractivity contribution in [3.05, 3.63) is 35.5 Å². The number of fused-ring (bicyclic) bond motifs is 1. The first-order valence-corrected chi connectivity index (χ1v) is 10.9. The van der Waals surface area contributed by atoms with Crippen LogP contribution in [0.15, 0.2) is 24.3 Å². The van der Waals surface area contributed by atoms with E-state index in [0.717, 1.165) is 56.5 Å². The number of carbonyl (C=O) groups excluding carboxylic acids is 1. The number of rotatable bonds is 8. The smallest absolute Gasteiger partial charge is 0.282 e. The Morgan fingerprint density at radius 1 is 1.20 bits per heavy atom. The van der Waals surface area contributed by atoms with Crippen molar-refractivity contribution in [3.63, 3.8) is 0 Å². The van der Waals surface area contributed by atoms with Gasteiger partial charge in [-0.25, -0.2) is 0 Å². The van der Waals surface area contributed by atoms with Crippen molar-refractivity contribution in [2.75, 3.05) is 33.9 Å². The molecule has 7 heteroatoms. The number of hydrogen-bond donors (Lipinski definition) is 1. The van der Waals surface area contributed by atoms with Crippen molar-refractivity contribution < 1.29 is 23.7 Å². The van der Waals surface area contributed by atoms with E-state index in [9.17, 15) is 4.79 Å². The molecule has 1 atom stereocenters. The predicted molar refractivity (Wildman–Crippen MR) is 113 cm³/mol. The molecule has 164 valence electrons. The van der Waals surface area contributed by atoms with Crippen LogP contribution in [-0.2, 0) is 36.8 Å². The molecule has 1 amide bonds. The Labute approximate surface area is 177 Å². The molecule has 1 unspecified atom stereocenters. The van der Waals surface area contributed by atoms with Crippen molar-refractivity contribution in [2.24, 2.45) is 0 Å². The van der Waals surface area contributed by atoms with E-state index < -0.39 is 5.79 Å². The number of hydrogen-bond acceptors (Lipinski definition) is 5. The van der Waals surface area contributed by atoms with E-state index in [1.165, 1.54) is 25.2 Å². The van der Waals surface area contributed by atoms with Crippen LogP contribution in [0.1, 0.15) is 43.4 Å². The van der Waals surface area contributed by atoms with E-state index in [4.69, 9.17) is 18.9 Å². The third-order valence-electron chi connectivity index (χ3n) is 6.29. The van der Waals surface area contributed by atoms with Gasteiger partial charge in [0.05, 0.1) is 6.61 Å². The van der Waals surface area contributed by atoms with Crippen molar-refractivity contribution in [3.8, 4) is 0 Å². The lowest BCUT2D eigenvalue weighted by molar-refractivity contribution is -0.228. The molecular weight excluding hydrogens is 384 g/mol. The number of aromatic nitrogens is 1. The largest absolute Gasteiger partial charge is 0.356 e. The molecule has 2 aromatic rings. The number of likely N-dealkylation sites (tertiary alicyclic amines) is 1. The second kappa shape index (κ2) is 9.47. The fraction of sp³-hybridized carbons (Fsp3) is 0.609. The quantitative estimate of drug-likeness (QED) is 0.668. The van der Waals surface area contributed by atoms with Gasteiger partial charge in [0.25, 0.3) is 5.91 Å². The minimum atomic E-state index is -1.15. The lowest BCUT2D eigenvalue weighted by atomic mass is 10.0. The molecule has 0 radical (unpaired) electrons. The van der Waals surface area contributed by atoms with Crippen LogP contribution in [0.25, 0.3) is 10.9 Å². The number of amides is 1. The monoisotopic (exact) mass is 416 g/mol. The minimum Gasteiger partial charge on any atom is -0.356 e. The molecule has 2 fully saturated rings. The summed E-state index contributed by atoms with van der Waals surface area (Å²) in [6, 6.07) is 8.26. The summed E-state index contributed by atoms with van der Waals surface area (Å²) in [5, 5.41) is 1.18. The zero-order chi connectivity index (χ0) is 21.0. The maximum atomic E-state index is 13.0. The molecule has 1 N–H and O–H groups in total. The van der Waals surface area contributed by atoms with Gasteiger partial charge in [-0.05, 0) is 43.7 Å². The highest BCUT2D eigenvalue weighted by Gasteiger charge is 2.44. The van der Waals surface area contributed by atoms with Crippen LogP contribution in [0, 0.1) is 0 Å². The summed E-state index contributed by atoms with van der Waals surface area (Å²) < 4.78 is 22.7. The first kappa shape index (κ1) is 21.3. The van der Waals surface area contributed by atoms with E-state index in [-0.39, 0.29) is 12.2 Å². The lowest BCUT2D eigenvalue weighted by Crippen LogP contribution is -2.56. The summed E-state index contributed by atoms with van der Waals surface area (Å²) >= 11 is 0. The maximum absolute atomic E-state index is 13.0. The van der Waals surface area contributed by atoms with Gasteiger partial charge >= 0.3 is 0 Å². The lowest BCUT2D eigenvalue weighted by Gasteiger charge is -2.39. The SMILES string of the molecule is COC1(OC)CCCN(CCc2c(COC3CCCCO3)[nH]c3ccccc23)C1=O. The Balaban J connectivity index is 1.49. The summed E-state index contributed by atoms with van der Waals surface area (Å²) in [7, 11) is 3.07. The molecule has 4 rings (SSSR count).